The van der Waals surface area contributed by atoms with Gasteiger partial charge >= 0.3 is 0 Å². The molecule has 0 aromatic heterocycles. The summed E-state index contributed by atoms with van der Waals surface area (Å²) in [6, 6.07) is 27.4. The van der Waals surface area contributed by atoms with Crippen molar-refractivity contribution in [3.8, 4) is 5.75 Å². The van der Waals surface area contributed by atoms with Gasteiger partial charge in [0, 0.05) is 24.0 Å². The van der Waals surface area contributed by atoms with Crippen LogP contribution in [0.15, 0.2) is 102 Å². The van der Waals surface area contributed by atoms with Crippen LogP contribution in [0.2, 0.25) is 5.02 Å². The third-order valence-electron chi connectivity index (χ3n) is 9.01. The molecule has 1 N–H and O–H groups in total. The number of carbonyl (C=O) groups excluding carboxylic acids is 2. The fourth-order valence-electron chi connectivity index (χ4n) is 6.25. The fraction of sp³-hybridized carbons (Fsp3) is 0.333. The molecule has 0 radical (unpaired) electrons. The second-order valence-electron chi connectivity index (χ2n) is 12.7. The summed E-state index contributed by atoms with van der Waals surface area (Å²) in [5, 5.41) is 3.67. The first-order chi connectivity index (χ1) is 23.6. The molecule has 0 spiro atoms. The lowest BCUT2D eigenvalue weighted by Crippen LogP contribution is -2.55. The molecule has 0 aliphatic heterocycles. The zero-order chi connectivity index (χ0) is 35.0. The minimum Gasteiger partial charge on any atom is -0.495 e. The summed E-state index contributed by atoms with van der Waals surface area (Å²) < 4.78 is 35.6. The maximum absolute atomic E-state index is 14.8. The van der Waals surface area contributed by atoms with Crippen LogP contribution in [-0.2, 0) is 32.6 Å². The second kappa shape index (κ2) is 16.4. The number of hydrogen-bond acceptors (Lipinski definition) is 5. The molecular weight excluding hydrogens is 658 g/mol. The first-order valence-corrected chi connectivity index (χ1v) is 18.5. The summed E-state index contributed by atoms with van der Waals surface area (Å²) in [5.74, 6) is -0.543. The number of aryl methyl sites for hydroxylation is 2. The SMILES string of the molecule is COc1ccc(C)cc1N(CC(=O)N(Cc1ccccc1Cl)[C@H](Cc1ccccc1)C(=O)NC1CCCCC1)S(=O)(=O)c1ccc(C)cc1. The van der Waals surface area contributed by atoms with Crippen molar-refractivity contribution in [3.63, 3.8) is 0 Å². The zero-order valence-corrected chi connectivity index (χ0v) is 29.8. The van der Waals surface area contributed by atoms with Crippen LogP contribution in [0.3, 0.4) is 0 Å². The van der Waals surface area contributed by atoms with E-state index in [4.69, 9.17) is 16.3 Å². The Morgan fingerprint density at radius 1 is 0.878 bits per heavy atom. The third-order valence-corrected chi connectivity index (χ3v) is 11.2. The molecule has 0 saturated heterocycles. The first kappa shape index (κ1) is 36.0. The van der Waals surface area contributed by atoms with Gasteiger partial charge in [-0.2, -0.15) is 0 Å². The molecule has 8 nitrogen and oxygen atoms in total. The van der Waals surface area contributed by atoms with Gasteiger partial charge in [0.25, 0.3) is 10.0 Å². The van der Waals surface area contributed by atoms with Crippen molar-refractivity contribution < 1.29 is 22.7 Å². The van der Waals surface area contributed by atoms with Crippen molar-refractivity contribution in [2.24, 2.45) is 0 Å². The Morgan fingerprint density at radius 3 is 2.20 bits per heavy atom. The number of amides is 2. The highest BCUT2D eigenvalue weighted by atomic mass is 35.5. The van der Waals surface area contributed by atoms with Gasteiger partial charge in [-0.25, -0.2) is 8.42 Å². The molecule has 5 rings (SSSR count). The minimum absolute atomic E-state index is 0.00251. The molecule has 4 aromatic carbocycles. The van der Waals surface area contributed by atoms with Crippen LogP contribution >= 0.6 is 11.6 Å². The quantitative estimate of drug-likeness (QED) is 0.159. The molecule has 1 fully saturated rings. The number of rotatable bonds is 13. The van der Waals surface area contributed by atoms with Gasteiger partial charge in [-0.3, -0.25) is 13.9 Å². The molecule has 1 aliphatic carbocycles. The number of anilines is 1. The van der Waals surface area contributed by atoms with Gasteiger partial charge in [0.05, 0.1) is 17.7 Å². The van der Waals surface area contributed by atoms with Crippen molar-refractivity contribution in [3.05, 3.63) is 124 Å². The summed E-state index contributed by atoms with van der Waals surface area (Å²) in [4.78, 5) is 30.7. The molecular formula is C39H44ClN3O5S. The van der Waals surface area contributed by atoms with Gasteiger partial charge in [-0.15, -0.1) is 0 Å². The average Bonchev–Trinajstić information content (AvgIpc) is 3.10. The van der Waals surface area contributed by atoms with Crippen LogP contribution < -0.4 is 14.4 Å². The standard InChI is InChI=1S/C39H44ClN3O5S/c1-28-18-21-33(22-19-28)49(46,47)43(35-24-29(2)20-23-37(35)48-3)27-38(44)42(26-31-14-10-11-17-34(31)40)36(25-30-12-6-4-7-13-30)39(45)41-32-15-8-5-9-16-32/h4,6-7,10-14,17-24,32,36H,5,8-9,15-16,25-27H2,1-3H3,(H,41,45)/t36-/m1/s1. The Balaban J connectivity index is 1.61. The number of carbonyl (C=O) groups is 2. The van der Waals surface area contributed by atoms with E-state index in [1.165, 1.54) is 24.1 Å². The van der Waals surface area contributed by atoms with Crippen LogP contribution in [0, 0.1) is 13.8 Å². The van der Waals surface area contributed by atoms with E-state index >= 15 is 0 Å². The Hall–Kier alpha value is -4.34. The fourth-order valence-corrected chi connectivity index (χ4v) is 7.87. The Morgan fingerprint density at radius 2 is 1.53 bits per heavy atom. The second-order valence-corrected chi connectivity index (χ2v) is 14.9. The Kier molecular flexibility index (Phi) is 12.0. The molecule has 0 bridgehead atoms. The maximum atomic E-state index is 14.8. The van der Waals surface area contributed by atoms with Crippen molar-refractivity contribution in [2.75, 3.05) is 18.0 Å². The van der Waals surface area contributed by atoms with Gasteiger partial charge in [0.15, 0.2) is 0 Å². The summed E-state index contributed by atoms with van der Waals surface area (Å²) >= 11 is 6.64. The highest BCUT2D eigenvalue weighted by Gasteiger charge is 2.36. The minimum atomic E-state index is -4.28. The van der Waals surface area contributed by atoms with Crippen LogP contribution in [0.1, 0.15) is 54.4 Å². The monoisotopic (exact) mass is 701 g/mol. The Bertz CT molecular complexity index is 1840. The zero-order valence-electron chi connectivity index (χ0n) is 28.3. The van der Waals surface area contributed by atoms with E-state index in [2.05, 4.69) is 5.32 Å². The van der Waals surface area contributed by atoms with E-state index < -0.39 is 28.5 Å². The molecule has 0 heterocycles. The number of halogens is 1. The van der Waals surface area contributed by atoms with Crippen molar-refractivity contribution in [1.29, 1.82) is 0 Å². The van der Waals surface area contributed by atoms with E-state index in [-0.39, 0.29) is 35.5 Å². The number of ether oxygens (including phenoxy) is 1. The summed E-state index contributed by atoms with van der Waals surface area (Å²) in [6.07, 6.45) is 5.16. The van der Waals surface area contributed by atoms with E-state index in [1.54, 1.807) is 36.4 Å². The van der Waals surface area contributed by atoms with Gasteiger partial charge in [-0.05, 0) is 73.7 Å². The number of sulfonamides is 1. The number of nitrogens with one attached hydrogen (secondary N) is 1. The molecule has 258 valence electrons. The third kappa shape index (κ3) is 9.02. The number of benzene rings is 4. The smallest absolute Gasteiger partial charge is 0.264 e. The average molecular weight is 702 g/mol. The van der Waals surface area contributed by atoms with Gasteiger partial charge in [-0.1, -0.05) is 103 Å². The topological polar surface area (TPSA) is 96.0 Å². The van der Waals surface area contributed by atoms with E-state index in [0.717, 1.165) is 53.1 Å². The molecule has 1 saturated carbocycles. The highest BCUT2D eigenvalue weighted by molar-refractivity contribution is 7.92. The van der Waals surface area contributed by atoms with Gasteiger partial charge in [0.1, 0.15) is 18.3 Å². The lowest BCUT2D eigenvalue weighted by molar-refractivity contribution is -0.140. The van der Waals surface area contributed by atoms with E-state index in [0.29, 0.717) is 16.3 Å². The van der Waals surface area contributed by atoms with Gasteiger partial charge in [0.2, 0.25) is 11.8 Å². The Labute approximate surface area is 295 Å². The summed E-state index contributed by atoms with van der Waals surface area (Å²) in [7, 11) is -2.82. The molecule has 1 aliphatic rings. The number of methoxy groups -OCH3 is 1. The largest absolute Gasteiger partial charge is 0.495 e. The lowest BCUT2D eigenvalue weighted by Gasteiger charge is -2.35. The predicted molar refractivity (Wildman–Crippen MR) is 194 cm³/mol. The maximum Gasteiger partial charge on any atom is 0.264 e. The number of hydrogen-bond donors (Lipinski definition) is 1. The van der Waals surface area contributed by atoms with E-state index in [9.17, 15) is 18.0 Å². The molecule has 2 amide bonds. The van der Waals surface area contributed by atoms with Crippen LogP contribution in [0.25, 0.3) is 0 Å². The van der Waals surface area contributed by atoms with Crippen molar-refractivity contribution in [2.45, 2.75) is 75.9 Å². The van der Waals surface area contributed by atoms with Gasteiger partial charge < -0.3 is 15.0 Å². The first-order valence-electron chi connectivity index (χ1n) is 16.7. The molecule has 1 atom stereocenters. The molecule has 0 unspecified atom stereocenters. The molecule has 10 heteroatoms. The van der Waals surface area contributed by atoms with Crippen LogP contribution in [0.5, 0.6) is 5.75 Å². The molecule has 49 heavy (non-hydrogen) atoms. The predicted octanol–water partition coefficient (Wildman–Crippen LogP) is 7.25. The van der Waals surface area contributed by atoms with Crippen molar-refractivity contribution in [1.82, 2.24) is 10.2 Å². The van der Waals surface area contributed by atoms with E-state index in [1.807, 2.05) is 62.4 Å². The van der Waals surface area contributed by atoms with Crippen LogP contribution in [-0.4, -0.2) is 50.9 Å². The lowest BCUT2D eigenvalue weighted by atomic mass is 9.94. The normalized spacial score (nSPS) is 14.1. The summed E-state index contributed by atoms with van der Waals surface area (Å²) in [5.41, 5.74) is 3.41. The van der Waals surface area contributed by atoms with Crippen LogP contribution in [0.4, 0.5) is 5.69 Å². The summed E-state index contributed by atoms with van der Waals surface area (Å²) in [6.45, 7) is 3.13. The highest BCUT2D eigenvalue weighted by Crippen LogP contribution is 2.34. The molecule has 4 aromatic rings. The van der Waals surface area contributed by atoms with Crippen molar-refractivity contribution >= 4 is 39.1 Å². The number of nitrogens with zero attached hydrogens (tertiary/aromatic N) is 2.